The molecule has 0 aromatic carbocycles. The predicted molar refractivity (Wildman–Crippen MR) is 208 cm³/mol. The second-order valence-electron chi connectivity index (χ2n) is 18.8. The van der Waals surface area contributed by atoms with Crippen LogP contribution in [0.3, 0.4) is 0 Å². The third kappa shape index (κ3) is 7.29. The molecule has 2 aromatic rings. The van der Waals surface area contributed by atoms with Crippen LogP contribution in [-0.4, -0.2) is 42.3 Å². The van der Waals surface area contributed by atoms with Crippen molar-refractivity contribution in [2.75, 3.05) is 0 Å². The summed E-state index contributed by atoms with van der Waals surface area (Å²) in [7, 11) is -3.45. The fourth-order valence-electron chi connectivity index (χ4n) is 4.31. The van der Waals surface area contributed by atoms with Crippen molar-refractivity contribution in [3.05, 3.63) is 24.3 Å². The average molecular weight is 677 g/mol. The van der Waals surface area contributed by atoms with Crippen LogP contribution in [0.2, 0.25) is 72.5 Å². The molecule has 2 rings (SSSR count). The summed E-state index contributed by atoms with van der Waals surface area (Å²) in [5.41, 5.74) is 0. The van der Waals surface area contributed by atoms with Crippen LogP contribution >= 0.6 is 21.6 Å². The van der Waals surface area contributed by atoms with Gasteiger partial charge in [0.05, 0.1) is 16.1 Å². The minimum atomic E-state index is -1.82. The van der Waals surface area contributed by atoms with E-state index in [4.69, 9.17) is 9.97 Å². The molecule has 0 atom stereocenters. The Bertz CT molecular complexity index is 1170. The third-order valence-electron chi connectivity index (χ3n) is 12.0. The molecule has 0 spiro atoms. The Hall–Kier alpha value is -0.132. The Morgan fingerprint density at radius 2 is 0.643 bits per heavy atom. The Morgan fingerprint density at radius 3 is 0.857 bits per heavy atom. The molecule has 2 nitrogen and oxygen atoms in total. The molecule has 0 aliphatic rings. The summed E-state index contributed by atoms with van der Waals surface area (Å²) in [4.78, 5) is 11.2. The van der Waals surface area contributed by atoms with Crippen molar-refractivity contribution in [2.24, 2.45) is 0 Å². The number of pyridine rings is 2. The lowest BCUT2D eigenvalue weighted by Gasteiger charge is -2.40. The van der Waals surface area contributed by atoms with Gasteiger partial charge in [-0.3, -0.25) is 9.97 Å². The van der Waals surface area contributed by atoms with Gasteiger partial charge in [-0.25, -0.2) is 0 Å². The van der Waals surface area contributed by atoms with E-state index in [1.807, 2.05) is 21.6 Å². The van der Waals surface area contributed by atoms with Crippen LogP contribution in [0.1, 0.15) is 83.1 Å². The molecule has 0 bridgehead atoms. The van der Waals surface area contributed by atoms with E-state index in [0.717, 1.165) is 0 Å². The number of rotatable bonds is 7. The van der Waals surface area contributed by atoms with E-state index in [-0.39, 0.29) is 20.2 Å². The van der Waals surface area contributed by atoms with E-state index in [1.54, 1.807) is 0 Å². The van der Waals surface area contributed by atoms with E-state index >= 15 is 0 Å². The maximum Gasteiger partial charge on any atom is 0.110 e. The normalized spacial score (nSPS) is 14.9. The molecular weight excluding hydrogens is 613 g/mol. The zero-order valence-corrected chi connectivity index (χ0v) is 36.7. The van der Waals surface area contributed by atoms with Crippen LogP contribution in [0, 0.1) is 0 Å². The summed E-state index contributed by atoms with van der Waals surface area (Å²) in [5.74, 6) is 0. The fraction of sp³-hybridized carbons (Fsp3) is 0.706. The van der Waals surface area contributed by atoms with Crippen LogP contribution in [0.5, 0.6) is 0 Å². The molecule has 0 aliphatic carbocycles. The number of hydrogen-bond acceptors (Lipinski definition) is 4. The summed E-state index contributed by atoms with van der Waals surface area (Å²) in [6, 6.07) is 9.72. The molecule has 0 N–H and O–H groups in total. The highest BCUT2D eigenvalue weighted by Crippen LogP contribution is 2.44. The maximum atomic E-state index is 5.59. The molecule has 0 saturated heterocycles. The van der Waals surface area contributed by atoms with Crippen LogP contribution < -0.4 is 21.0 Å². The first-order chi connectivity index (χ1) is 18.4. The summed E-state index contributed by atoms with van der Waals surface area (Å²) in [6.07, 6.45) is 0. The average Bonchev–Trinajstić information content (AvgIpc) is 2.79. The van der Waals surface area contributed by atoms with Crippen molar-refractivity contribution in [2.45, 2.75) is 166 Å². The van der Waals surface area contributed by atoms with Crippen molar-refractivity contribution in [3.63, 3.8) is 0 Å². The monoisotopic (exact) mass is 676 g/mol. The van der Waals surface area contributed by atoms with Crippen LogP contribution in [0.4, 0.5) is 0 Å². The minimum absolute atomic E-state index is 0.236. The van der Waals surface area contributed by atoms with Gasteiger partial charge in [-0.2, -0.15) is 0 Å². The lowest BCUT2D eigenvalue weighted by molar-refractivity contribution is 0.725. The number of aromatic nitrogens is 2. The smallest absolute Gasteiger partial charge is 0.110 e. The van der Waals surface area contributed by atoms with Crippen molar-refractivity contribution >= 4 is 74.9 Å². The Labute approximate surface area is 273 Å². The van der Waals surface area contributed by atoms with Crippen molar-refractivity contribution < 1.29 is 0 Å². The molecule has 8 heteroatoms. The summed E-state index contributed by atoms with van der Waals surface area (Å²) in [6.45, 7) is 49.0. The molecule has 0 saturated carbocycles. The third-order valence-corrected chi connectivity index (χ3v) is 36.2. The van der Waals surface area contributed by atoms with Gasteiger partial charge < -0.3 is 0 Å². The fourth-order valence-corrected chi connectivity index (χ4v) is 15.9. The molecule has 2 heterocycles. The largest absolute Gasteiger partial charge is 0.251 e. The predicted octanol–water partition coefficient (Wildman–Crippen LogP) is 10.1. The van der Waals surface area contributed by atoms with Crippen LogP contribution in [-0.2, 0) is 0 Å². The molecule has 0 aliphatic heterocycles. The Balaban J connectivity index is 2.83. The highest BCUT2D eigenvalue weighted by atomic mass is 33.1. The van der Waals surface area contributed by atoms with Gasteiger partial charge in [-0.05, 0) is 64.2 Å². The first-order valence-electron chi connectivity index (χ1n) is 15.8. The molecule has 2 aromatic heterocycles. The summed E-state index contributed by atoms with van der Waals surface area (Å²) < 4.78 is 0. The molecule has 0 fully saturated rings. The molecule has 0 unspecified atom stereocenters. The molecule has 238 valence electrons. The van der Waals surface area contributed by atoms with Gasteiger partial charge in [0.2, 0.25) is 0 Å². The topological polar surface area (TPSA) is 25.8 Å². The standard InChI is InChI=1S/C34H64N2S2Si4/c1-31(2,3)39(13,14)25-21-23-27(41(17,18)33(7,8)9)35-29(25)37-38-30-26(40(15,16)32(4,5)6)22-24-28(36-30)42(19,20)34(10,11)12/h21-24H,1-20H3. The zero-order chi connectivity index (χ0) is 33.1. The second kappa shape index (κ2) is 11.9. The summed E-state index contributed by atoms with van der Waals surface area (Å²) in [5, 5.41) is 9.05. The number of nitrogens with zero attached hydrogens (tertiary/aromatic N) is 2. The molecular formula is C34H64N2S2Si4. The summed E-state index contributed by atoms with van der Waals surface area (Å²) >= 11 is 0. The first kappa shape index (κ1) is 38.1. The van der Waals surface area contributed by atoms with E-state index in [2.05, 4.69) is 160 Å². The van der Waals surface area contributed by atoms with E-state index in [1.165, 1.54) is 31.1 Å². The quantitative estimate of drug-likeness (QED) is 0.215. The second-order valence-corrected chi connectivity index (χ2v) is 42.0. The zero-order valence-electron chi connectivity index (χ0n) is 31.0. The Kier molecular flexibility index (Phi) is 10.8. The van der Waals surface area contributed by atoms with Gasteiger partial charge in [0.1, 0.15) is 26.2 Å². The van der Waals surface area contributed by atoms with Gasteiger partial charge >= 0.3 is 0 Å². The van der Waals surface area contributed by atoms with Crippen LogP contribution in [0.15, 0.2) is 34.3 Å². The SMILES string of the molecule is CC(C)(C)[Si](C)(C)c1ccc([Si](C)(C)C(C)(C)C)c(SSc2nc([Si](C)(C)C(C)(C)C)ccc2[Si](C)(C)C(C)(C)C)n1. The first-order valence-corrected chi connectivity index (χ1v) is 29.9. The van der Waals surface area contributed by atoms with E-state index in [9.17, 15) is 0 Å². The molecule has 0 amide bonds. The number of hydrogen-bond donors (Lipinski definition) is 0. The lowest BCUT2D eigenvalue weighted by Crippen LogP contribution is -2.55. The highest BCUT2D eigenvalue weighted by Gasteiger charge is 2.44. The van der Waals surface area contributed by atoms with Crippen molar-refractivity contribution in [1.29, 1.82) is 0 Å². The van der Waals surface area contributed by atoms with Gasteiger partial charge in [-0.15, -0.1) is 0 Å². The highest BCUT2D eigenvalue weighted by molar-refractivity contribution is 8.76. The van der Waals surface area contributed by atoms with Crippen molar-refractivity contribution in [3.8, 4) is 0 Å². The minimum Gasteiger partial charge on any atom is -0.251 e. The van der Waals surface area contributed by atoms with Gasteiger partial charge in [-0.1, -0.05) is 148 Å². The van der Waals surface area contributed by atoms with Crippen LogP contribution in [0.25, 0.3) is 0 Å². The van der Waals surface area contributed by atoms with Gasteiger partial charge in [0.15, 0.2) is 0 Å². The van der Waals surface area contributed by atoms with Gasteiger partial charge in [0, 0.05) is 10.6 Å². The van der Waals surface area contributed by atoms with E-state index < -0.39 is 32.3 Å². The van der Waals surface area contributed by atoms with Gasteiger partial charge in [0.25, 0.3) is 0 Å². The maximum absolute atomic E-state index is 5.59. The Morgan fingerprint density at radius 1 is 0.405 bits per heavy atom. The van der Waals surface area contributed by atoms with E-state index in [0.29, 0.717) is 0 Å². The van der Waals surface area contributed by atoms with Crippen molar-refractivity contribution in [1.82, 2.24) is 9.97 Å². The molecule has 42 heavy (non-hydrogen) atoms. The lowest BCUT2D eigenvalue weighted by atomic mass is 10.2. The molecule has 0 radical (unpaired) electrons.